The van der Waals surface area contributed by atoms with Crippen LogP contribution in [0.2, 0.25) is 10.3 Å². The predicted molar refractivity (Wildman–Crippen MR) is 64.8 cm³/mol. The van der Waals surface area contributed by atoms with Crippen LogP contribution in [0.25, 0.3) is 0 Å². The topological polar surface area (TPSA) is 12.9 Å². The van der Waals surface area contributed by atoms with Crippen molar-refractivity contribution >= 4 is 34.8 Å². The molecular formula is C11H10Cl3N. The molecule has 2 rings (SSSR count). The number of hydrogen-bond donors (Lipinski definition) is 0. The van der Waals surface area contributed by atoms with Crippen LogP contribution in [0.3, 0.4) is 0 Å². The van der Waals surface area contributed by atoms with Crippen molar-refractivity contribution in [2.75, 3.05) is 0 Å². The fraction of sp³-hybridized carbons (Fsp3) is 0.364. The van der Waals surface area contributed by atoms with Crippen LogP contribution < -0.4 is 0 Å². The minimum Gasteiger partial charge on any atom is -0.224 e. The Morgan fingerprint density at radius 2 is 1.80 bits per heavy atom. The van der Waals surface area contributed by atoms with Gasteiger partial charge in [-0.25, -0.2) is 4.98 Å². The van der Waals surface area contributed by atoms with Gasteiger partial charge in [0.1, 0.15) is 10.3 Å². The Labute approximate surface area is 104 Å². The first-order valence-electron chi connectivity index (χ1n) is 4.82. The van der Waals surface area contributed by atoms with Crippen LogP contribution >= 0.6 is 34.8 Å². The molecule has 1 unspecified atom stereocenters. The van der Waals surface area contributed by atoms with E-state index in [1.165, 1.54) is 0 Å². The second kappa shape index (κ2) is 4.73. The van der Waals surface area contributed by atoms with Crippen LogP contribution in [0, 0.1) is 0 Å². The van der Waals surface area contributed by atoms with Crippen molar-refractivity contribution in [2.24, 2.45) is 0 Å². The molecule has 0 fully saturated rings. The second-order valence-corrected chi connectivity index (χ2v) is 4.94. The first-order valence-corrected chi connectivity index (χ1v) is 5.96. The van der Waals surface area contributed by atoms with E-state index in [1.54, 1.807) is 0 Å². The second-order valence-electron chi connectivity index (χ2n) is 3.68. The van der Waals surface area contributed by atoms with E-state index in [0.717, 1.165) is 29.9 Å². The first-order chi connectivity index (χ1) is 7.15. The van der Waals surface area contributed by atoms with Crippen molar-refractivity contribution in [3.63, 3.8) is 0 Å². The van der Waals surface area contributed by atoms with Crippen LogP contribution in [0.15, 0.2) is 23.2 Å². The van der Waals surface area contributed by atoms with Gasteiger partial charge < -0.3 is 0 Å². The number of halogens is 3. The van der Waals surface area contributed by atoms with E-state index in [4.69, 9.17) is 34.8 Å². The summed E-state index contributed by atoms with van der Waals surface area (Å²) in [6, 6.07) is 3.74. The third-order valence-corrected chi connectivity index (χ3v) is 3.27. The van der Waals surface area contributed by atoms with Crippen molar-refractivity contribution in [3.8, 4) is 0 Å². The molecule has 1 aromatic heterocycles. The smallest absolute Gasteiger partial charge is 0.131 e. The van der Waals surface area contributed by atoms with E-state index in [2.05, 4.69) is 11.1 Å². The fourth-order valence-corrected chi connectivity index (χ4v) is 2.64. The van der Waals surface area contributed by atoms with Gasteiger partial charge in [-0.1, -0.05) is 40.9 Å². The minimum atomic E-state index is 0.417. The zero-order valence-corrected chi connectivity index (χ0v) is 10.3. The van der Waals surface area contributed by atoms with Crippen LogP contribution in [-0.4, -0.2) is 4.98 Å². The molecule has 0 aromatic carbocycles. The molecular weight excluding hydrogens is 252 g/mol. The van der Waals surface area contributed by atoms with E-state index in [1.807, 2.05) is 12.1 Å². The lowest BCUT2D eigenvalue weighted by atomic mass is 9.88. The Morgan fingerprint density at radius 3 is 2.40 bits per heavy atom. The van der Waals surface area contributed by atoms with Gasteiger partial charge in [-0.15, -0.1) is 0 Å². The monoisotopic (exact) mass is 261 g/mol. The third kappa shape index (κ3) is 2.87. The lowest BCUT2D eigenvalue weighted by Gasteiger charge is -2.20. The minimum absolute atomic E-state index is 0.417. The Kier molecular flexibility index (Phi) is 3.55. The van der Waals surface area contributed by atoms with Crippen LogP contribution in [0.5, 0.6) is 0 Å². The van der Waals surface area contributed by atoms with Crippen molar-refractivity contribution in [1.29, 1.82) is 0 Å². The van der Waals surface area contributed by atoms with Gasteiger partial charge in [0.2, 0.25) is 0 Å². The maximum Gasteiger partial charge on any atom is 0.131 e. The molecule has 1 aromatic rings. The summed E-state index contributed by atoms with van der Waals surface area (Å²) in [4.78, 5) is 3.93. The quantitative estimate of drug-likeness (QED) is 0.664. The lowest BCUT2D eigenvalue weighted by Crippen LogP contribution is -2.03. The molecule has 1 nitrogen and oxygen atoms in total. The van der Waals surface area contributed by atoms with Crippen molar-refractivity contribution in [2.45, 2.75) is 25.2 Å². The Bertz CT molecular complexity index is 381. The van der Waals surface area contributed by atoms with Gasteiger partial charge in [0.15, 0.2) is 0 Å². The SMILES string of the molecule is ClC1=CCCC(c2cc(Cl)nc(Cl)c2)C1. The first kappa shape index (κ1) is 11.3. The number of aromatic nitrogens is 1. The molecule has 1 atom stereocenters. The molecule has 0 N–H and O–H groups in total. The molecule has 80 valence electrons. The molecule has 0 spiro atoms. The highest BCUT2D eigenvalue weighted by atomic mass is 35.5. The summed E-state index contributed by atoms with van der Waals surface area (Å²) >= 11 is 17.7. The highest BCUT2D eigenvalue weighted by molar-refractivity contribution is 6.32. The van der Waals surface area contributed by atoms with Gasteiger partial charge >= 0.3 is 0 Å². The molecule has 0 aliphatic heterocycles. The van der Waals surface area contributed by atoms with Crippen LogP contribution in [0.1, 0.15) is 30.7 Å². The van der Waals surface area contributed by atoms with Crippen LogP contribution in [-0.2, 0) is 0 Å². The molecule has 4 heteroatoms. The standard InChI is InChI=1S/C11H10Cl3N/c12-9-3-1-2-7(4-9)8-5-10(13)15-11(14)6-8/h3,5-7H,1-2,4H2. The van der Waals surface area contributed by atoms with Gasteiger partial charge in [-0.3, -0.25) is 0 Å². The molecule has 0 bridgehead atoms. The number of nitrogens with zero attached hydrogens (tertiary/aromatic N) is 1. The van der Waals surface area contributed by atoms with E-state index in [9.17, 15) is 0 Å². The van der Waals surface area contributed by atoms with Gasteiger partial charge in [0.05, 0.1) is 0 Å². The van der Waals surface area contributed by atoms with Gasteiger partial charge in [0, 0.05) is 5.03 Å². The molecule has 1 aliphatic carbocycles. The fourth-order valence-electron chi connectivity index (χ4n) is 1.87. The third-order valence-electron chi connectivity index (χ3n) is 2.58. The number of rotatable bonds is 1. The Hall–Kier alpha value is -0.240. The van der Waals surface area contributed by atoms with Crippen molar-refractivity contribution in [1.82, 2.24) is 4.98 Å². The summed E-state index contributed by atoms with van der Waals surface area (Å²) in [5, 5.41) is 1.82. The maximum absolute atomic E-state index is 6.02. The molecule has 15 heavy (non-hydrogen) atoms. The largest absolute Gasteiger partial charge is 0.224 e. The Morgan fingerprint density at radius 1 is 1.13 bits per heavy atom. The summed E-state index contributed by atoms with van der Waals surface area (Å²) in [7, 11) is 0. The summed E-state index contributed by atoms with van der Waals surface area (Å²) in [5.41, 5.74) is 1.13. The maximum atomic E-state index is 6.02. The van der Waals surface area contributed by atoms with Crippen molar-refractivity contribution < 1.29 is 0 Å². The Balaban J connectivity index is 2.26. The van der Waals surface area contributed by atoms with Gasteiger partial charge in [-0.2, -0.15) is 0 Å². The van der Waals surface area contributed by atoms with Gasteiger partial charge in [0.25, 0.3) is 0 Å². The molecule has 0 saturated heterocycles. The van der Waals surface area contributed by atoms with E-state index in [-0.39, 0.29) is 0 Å². The summed E-state index contributed by atoms with van der Waals surface area (Å²) in [5.74, 6) is 0.417. The predicted octanol–water partition coefficient (Wildman–Crippen LogP) is 4.78. The highest BCUT2D eigenvalue weighted by Crippen LogP contribution is 2.35. The highest BCUT2D eigenvalue weighted by Gasteiger charge is 2.17. The lowest BCUT2D eigenvalue weighted by molar-refractivity contribution is 0.610. The van der Waals surface area contributed by atoms with E-state index < -0.39 is 0 Å². The summed E-state index contributed by atoms with van der Waals surface area (Å²) in [6.45, 7) is 0. The summed E-state index contributed by atoms with van der Waals surface area (Å²) in [6.07, 6.45) is 5.05. The normalized spacial score (nSPS) is 21.3. The average molecular weight is 263 g/mol. The molecule has 1 heterocycles. The number of hydrogen-bond acceptors (Lipinski definition) is 1. The number of pyridine rings is 1. The molecule has 0 amide bonds. The molecule has 0 radical (unpaired) electrons. The van der Waals surface area contributed by atoms with E-state index >= 15 is 0 Å². The zero-order chi connectivity index (χ0) is 10.8. The zero-order valence-electron chi connectivity index (χ0n) is 8.01. The number of allylic oxidation sites excluding steroid dienone is 2. The average Bonchev–Trinajstić information content (AvgIpc) is 2.16. The van der Waals surface area contributed by atoms with Gasteiger partial charge in [-0.05, 0) is 42.9 Å². The summed E-state index contributed by atoms with van der Waals surface area (Å²) < 4.78 is 0. The van der Waals surface area contributed by atoms with E-state index in [0.29, 0.717) is 16.2 Å². The molecule has 1 aliphatic rings. The molecule has 0 saturated carbocycles. The van der Waals surface area contributed by atoms with Crippen LogP contribution in [0.4, 0.5) is 0 Å². The van der Waals surface area contributed by atoms with Crippen molar-refractivity contribution in [3.05, 3.63) is 39.1 Å².